The molecule has 0 radical (unpaired) electrons. The number of halogens is 2. The van der Waals surface area contributed by atoms with Gasteiger partial charge in [0.15, 0.2) is 0 Å². The second kappa shape index (κ2) is 4.47. The fourth-order valence-electron chi connectivity index (χ4n) is 1.49. The van der Waals surface area contributed by atoms with E-state index in [-0.39, 0.29) is 5.97 Å². The molecule has 0 bridgehead atoms. The highest BCUT2D eigenvalue weighted by Crippen LogP contribution is 2.32. The molecule has 84 valence electrons. The Morgan fingerprint density at radius 3 is 2.94 bits per heavy atom. The van der Waals surface area contributed by atoms with Crippen molar-refractivity contribution in [2.75, 3.05) is 6.61 Å². The van der Waals surface area contributed by atoms with Crippen LogP contribution in [0.3, 0.4) is 0 Å². The number of H-pyrrole nitrogens is 1. The van der Waals surface area contributed by atoms with Crippen molar-refractivity contribution in [3.8, 4) is 0 Å². The van der Waals surface area contributed by atoms with E-state index in [1.165, 1.54) is 0 Å². The van der Waals surface area contributed by atoms with Crippen molar-refractivity contribution >= 4 is 44.4 Å². The van der Waals surface area contributed by atoms with Gasteiger partial charge in [0.25, 0.3) is 0 Å². The number of hydrogen-bond donors (Lipinski definition) is 1. The van der Waals surface area contributed by atoms with E-state index in [1.54, 1.807) is 13.0 Å². The zero-order valence-electron chi connectivity index (χ0n) is 8.51. The second-order valence-electron chi connectivity index (χ2n) is 3.20. The summed E-state index contributed by atoms with van der Waals surface area (Å²) in [5, 5.41) is 1.45. The van der Waals surface area contributed by atoms with Crippen LogP contribution in [-0.4, -0.2) is 17.6 Å². The molecule has 0 aliphatic carbocycles. The molecule has 16 heavy (non-hydrogen) atoms. The molecule has 2 rings (SSSR count). The molecule has 0 spiro atoms. The Labute approximate surface area is 106 Å². The van der Waals surface area contributed by atoms with Crippen molar-refractivity contribution in [3.63, 3.8) is 0 Å². The molecule has 0 fully saturated rings. The molecule has 1 aromatic carbocycles. The van der Waals surface area contributed by atoms with Crippen LogP contribution in [0.2, 0.25) is 5.02 Å². The second-order valence-corrected chi connectivity index (χ2v) is 4.40. The van der Waals surface area contributed by atoms with Gasteiger partial charge in [0.2, 0.25) is 0 Å². The number of benzene rings is 1. The van der Waals surface area contributed by atoms with Crippen LogP contribution in [0.15, 0.2) is 22.7 Å². The number of rotatable bonds is 2. The molecule has 1 aromatic heterocycles. The first-order valence-electron chi connectivity index (χ1n) is 4.78. The molecule has 0 atom stereocenters. The predicted molar refractivity (Wildman–Crippen MR) is 67.0 cm³/mol. The van der Waals surface area contributed by atoms with Gasteiger partial charge in [0, 0.05) is 5.39 Å². The van der Waals surface area contributed by atoms with E-state index in [0.717, 1.165) is 10.9 Å². The fourth-order valence-corrected chi connectivity index (χ4v) is 2.31. The molecule has 3 nitrogen and oxygen atoms in total. The van der Waals surface area contributed by atoms with Crippen LogP contribution < -0.4 is 0 Å². The molecule has 0 aliphatic rings. The van der Waals surface area contributed by atoms with Gasteiger partial charge in [-0.3, -0.25) is 0 Å². The first kappa shape index (κ1) is 11.5. The number of hydrogen-bond acceptors (Lipinski definition) is 2. The van der Waals surface area contributed by atoms with Gasteiger partial charge in [-0.25, -0.2) is 4.79 Å². The van der Waals surface area contributed by atoms with E-state index in [9.17, 15) is 4.79 Å². The molecular formula is C11H9BrClNO2. The average Bonchev–Trinajstić information content (AvgIpc) is 2.59. The van der Waals surface area contributed by atoms with E-state index in [4.69, 9.17) is 16.3 Å². The summed E-state index contributed by atoms with van der Waals surface area (Å²) in [6, 6.07) is 5.48. The van der Waals surface area contributed by atoms with Crippen LogP contribution in [0.1, 0.15) is 17.4 Å². The minimum Gasteiger partial charge on any atom is -0.461 e. The van der Waals surface area contributed by atoms with E-state index in [0.29, 0.717) is 21.8 Å². The monoisotopic (exact) mass is 301 g/mol. The van der Waals surface area contributed by atoms with E-state index in [1.807, 2.05) is 12.1 Å². The number of esters is 1. The Hall–Kier alpha value is -1.00. The number of para-hydroxylation sites is 1. The van der Waals surface area contributed by atoms with Gasteiger partial charge in [-0.15, -0.1) is 0 Å². The average molecular weight is 303 g/mol. The number of carbonyl (C=O) groups is 1. The van der Waals surface area contributed by atoms with Crippen LogP contribution in [0.4, 0.5) is 0 Å². The summed E-state index contributed by atoms with van der Waals surface area (Å²) in [7, 11) is 0. The third-order valence-corrected chi connectivity index (χ3v) is 3.34. The van der Waals surface area contributed by atoms with Gasteiger partial charge in [-0.05, 0) is 28.9 Å². The van der Waals surface area contributed by atoms with Crippen molar-refractivity contribution in [2.24, 2.45) is 0 Å². The first-order valence-corrected chi connectivity index (χ1v) is 5.95. The summed E-state index contributed by atoms with van der Waals surface area (Å²) in [5.41, 5.74) is 1.13. The molecule has 5 heteroatoms. The van der Waals surface area contributed by atoms with E-state index < -0.39 is 0 Å². The van der Waals surface area contributed by atoms with Gasteiger partial charge < -0.3 is 9.72 Å². The molecule has 0 saturated carbocycles. The largest absolute Gasteiger partial charge is 0.461 e. The molecule has 0 aliphatic heterocycles. The minimum absolute atomic E-state index is 0.342. The number of nitrogens with one attached hydrogen (secondary N) is 1. The lowest BCUT2D eigenvalue weighted by Gasteiger charge is -1.98. The zero-order valence-corrected chi connectivity index (χ0v) is 10.9. The van der Waals surface area contributed by atoms with Gasteiger partial charge in [0.1, 0.15) is 5.69 Å². The summed E-state index contributed by atoms with van der Waals surface area (Å²) in [4.78, 5) is 14.6. The van der Waals surface area contributed by atoms with Crippen LogP contribution in [0.5, 0.6) is 0 Å². The summed E-state index contributed by atoms with van der Waals surface area (Å²) < 4.78 is 5.62. The topological polar surface area (TPSA) is 42.1 Å². The smallest absolute Gasteiger partial charge is 0.355 e. The molecule has 1 heterocycles. The van der Waals surface area contributed by atoms with Crippen LogP contribution in [0.25, 0.3) is 10.9 Å². The molecule has 0 saturated heterocycles. The Kier molecular flexibility index (Phi) is 3.21. The van der Waals surface area contributed by atoms with Crippen LogP contribution in [-0.2, 0) is 4.74 Å². The quantitative estimate of drug-likeness (QED) is 0.858. The van der Waals surface area contributed by atoms with Gasteiger partial charge in [-0.2, -0.15) is 0 Å². The molecule has 0 unspecified atom stereocenters. The SMILES string of the molecule is CCOC(=O)c1[nH]c2c(Cl)cccc2c1Br. The lowest BCUT2D eigenvalue weighted by molar-refractivity contribution is 0.0519. The maximum absolute atomic E-state index is 11.6. The van der Waals surface area contributed by atoms with Gasteiger partial charge in [0.05, 0.1) is 21.6 Å². The normalized spacial score (nSPS) is 10.7. The molecular weight excluding hydrogens is 293 g/mol. The van der Waals surface area contributed by atoms with Crippen molar-refractivity contribution in [2.45, 2.75) is 6.92 Å². The number of aromatic amines is 1. The lowest BCUT2D eigenvalue weighted by Crippen LogP contribution is -2.05. The zero-order chi connectivity index (χ0) is 11.7. The summed E-state index contributed by atoms with van der Waals surface area (Å²) >= 11 is 9.39. The number of ether oxygens (including phenoxy) is 1. The highest BCUT2D eigenvalue weighted by atomic mass is 79.9. The Morgan fingerprint density at radius 2 is 2.31 bits per heavy atom. The highest BCUT2D eigenvalue weighted by molar-refractivity contribution is 9.10. The summed E-state index contributed by atoms with van der Waals surface area (Å²) in [6.45, 7) is 2.11. The predicted octanol–water partition coefficient (Wildman–Crippen LogP) is 3.76. The summed E-state index contributed by atoms with van der Waals surface area (Å²) in [6.07, 6.45) is 0. The third-order valence-electron chi connectivity index (χ3n) is 2.20. The lowest BCUT2D eigenvalue weighted by atomic mass is 10.2. The van der Waals surface area contributed by atoms with Crippen molar-refractivity contribution in [1.82, 2.24) is 4.98 Å². The Bertz CT molecular complexity index is 550. The summed E-state index contributed by atoms with van der Waals surface area (Å²) in [5.74, 6) is -0.387. The van der Waals surface area contributed by atoms with E-state index >= 15 is 0 Å². The van der Waals surface area contributed by atoms with Crippen molar-refractivity contribution in [3.05, 3.63) is 33.4 Å². The molecule has 2 aromatic rings. The van der Waals surface area contributed by atoms with Crippen molar-refractivity contribution in [1.29, 1.82) is 0 Å². The fraction of sp³-hybridized carbons (Fsp3) is 0.182. The van der Waals surface area contributed by atoms with Crippen LogP contribution >= 0.6 is 27.5 Å². The maximum Gasteiger partial charge on any atom is 0.355 e. The number of carbonyl (C=O) groups excluding carboxylic acids is 1. The highest BCUT2D eigenvalue weighted by Gasteiger charge is 2.17. The Balaban J connectivity index is 2.60. The van der Waals surface area contributed by atoms with Gasteiger partial charge in [-0.1, -0.05) is 23.7 Å². The van der Waals surface area contributed by atoms with Crippen molar-refractivity contribution < 1.29 is 9.53 Å². The van der Waals surface area contributed by atoms with Crippen LogP contribution in [0, 0.1) is 0 Å². The minimum atomic E-state index is -0.387. The maximum atomic E-state index is 11.6. The van der Waals surface area contributed by atoms with E-state index in [2.05, 4.69) is 20.9 Å². The molecule has 0 amide bonds. The number of fused-ring (bicyclic) bond motifs is 1. The third kappa shape index (κ3) is 1.83. The van der Waals surface area contributed by atoms with Gasteiger partial charge >= 0.3 is 5.97 Å². The number of aromatic nitrogens is 1. The molecule has 1 N–H and O–H groups in total. The Morgan fingerprint density at radius 1 is 1.56 bits per heavy atom. The first-order chi connectivity index (χ1) is 7.65. The standard InChI is InChI=1S/C11H9BrClNO2/c1-2-16-11(15)10-8(12)6-4-3-5-7(13)9(6)14-10/h3-5,14H,2H2,1H3.